The van der Waals surface area contributed by atoms with E-state index in [2.05, 4.69) is 9.84 Å². The molecular formula is C9H4F6N4O2. The molecule has 1 rings (SSSR count). The molecule has 1 aliphatic rings. The molecule has 2 atom stereocenters. The van der Waals surface area contributed by atoms with Crippen LogP contribution in [0.4, 0.5) is 26.3 Å². The van der Waals surface area contributed by atoms with Crippen LogP contribution in [0, 0.1) is 28.1 Å². The average molecular weight is 314 g/mol. The second-order valence-electron chi connectivity index (χ2n) is 3.78. The van der Waals surface area contributed by atoms with Crippen molar-refractivity contribution in [2.45, 2.75) is 17.9 Å². The predicted octanol–water partition coefficient (Wildman–Crippen LogP) is 1.02. The number of ether oxygens (including phenoxy) is 1. The molecule has 0 saturated heterocycles. The molecule has 0 aliphatic carbocycles. The van der Waals surface area contributed by atoms with Gasteiger partial charge in [-0.2, -0.15) is 42.0 Å². The molecule has 0 bridgehead atoms. The minimum Gasteiger partial charge on any atom is -0.464 e. The molecule has 0 radical (unpaired) electrons. The maximum absolute atomic E-state index is 13.2. The molecule has 1 aliphatic heterocycles. The third-order valence-corrected chi connectivity index (χ3v) is 2.82. The number of esters is 1. The van der Waals surface area contributed by atoms with E-state index in [-0.39, 0.29) is 0 Å². The van der Waals surface area contributed by atoms with Crippen LogP contribution in [0.25, 0.3) is 0 Å². The number of nitrogens with zero attached hydrogens (tertiary/aromatic N) is 3. The van der Waals surface area contributed by atoms with Crippen molar-refractivity contribution in [3.8, 4) is 12.1 Å². The Morgan fingerprint density at radius 2 is 1.71 bits per heavy atom. The fraction of sp³-hybridized carbons (Fsp3) is 0.556. The first-order valence-corrected chi connectivity index (χ1v) is 4.84. The minimum atomic E-state index is -5.93. The molecule has 0 amide bonds. The Kier molecular flexibility index (Phi) is 3.56. The maximum Gasteiger partial charge on any atom is 0.428 e. The molecule has 21 heavy (non-hydrogen) atoms. The van der Waals surface area contributed by atoms with Gasteiger partial charge in [-0.25, -0.2) is 4.79 Å². The first kappa shape index (κ1) is 16.6. The SMILES string of the molecule is COC(=O)C1=NN[C@@](C#N)(C(F)(F)F)[C@]1(C#N)C(F)(F)F. The Morgan fingerprint density at radius 1 is 1.19 bits per heavy atom. The summed E-state index contributed by atoms with van der Waals surface area (Å²) in [6.45, 7) is 0. The van der Waals surface area contributed by atoms with Crippen LogP contribution in [0.2, 0.25) is 0 Å². The van der Waals surface area contributed by atoms with Gasteiger partial charge in [-0.05, 0) is 0 Å². The van der Waals surface area contributed by atoms with Crippen molar-refractivity contribution in [1.29, 1.82) is 10.5 Å². The Labute approximate surface area is 112 Å². The van der Waals surface area contributed by atoms with Gasteiger partial charge >= 0.3 is 18.3 Å². The van der Waals surface area contributed by atoms with Gasteiger partial charge in [-0.15, -0.1) is 0 Å². The fourth-order valence-corrected chi connectivity index (χ4v) is 1.78. The molecule has 114 valence electrons. The van der Waals surface area contributed by atoms with Crippen molar-refractivity contribution >= 4 is 11.7 Å². The topological polar surface area (TPSA) is 98.3 Å². The highest BCUT2D eigenvalue weighted by Crippen LogP contribution is 2.55. The van der Waals surface area contributed by atoms with Crippen LogP contribution < -0.4 is 5.43 Å². The first-order chi connectivity index (χ1) is 9.45. The molecule has 0 aromatic rings. The molecule has 6 nitrogen and oxygen atoms in total. The lowest BCUT2D eigenvalue weighted by molar-refractivity contribution is -0.256. The molecule has 0 aromatic carbocycles. The van der Waals surface area contributed by atoms with Crippen LogP contribution in [-0.2, 0) is 9.53 Å². The normalized spacial score (nSPS) is 28.9. The third-order valence-electron chi connectivity index (χ3n) is 2.82. The number of hydrogen-bond acceptors (Lipinski definition) is 6. The van der Waals surface area contributed by atoms with Crippen LogP contribution in [0.15, 0.2) is 5.10 Å². The van der Waals surface area contributed by atoms with Crippen LogP contribution in [0.5, 0.6) is 0 Å². The van der Waals surface area contributed by atoms with Crippen LogP contribution >= 0.6 is 0 Å². The maximum atomic E-state index is 13.2. The summed E-state index contributed by atoms with van der Waals surface area (Å²) in [4.78, 5) is 11.2. The van der Waals surface area contributed by atoms with Crippen molar-refractivity contribution in [3.05, 3.63) is 0 Å². The number of hydrogen-bond donors (Lipinski definition) is 1. The Morgan fingerprint density at radius 3 is 2.00 bits per heavy atom. The smallest absolute Gasteiger partial charge is 0.428 e. The number of hydrazone groups is 1. The monoisotopic (exact) mass is 314 g/mol. The van der Waals surface area contributed by atoms with E-state index in [4.69, 9.17) is 10.5 Å². The second-order valence-corrected chi connectivity index (χ2v) is 3.78. The number of alkyl halides is 6. The van der Waals surface area contributed by atoms with E-state index in [1.54, 1.807) is 0 Å². The quantitative estimate of drug-likeness (QED) is 0.575. The van der Waals surface area contributed by atoms with Crippen LogP contribution in [0.3, 0.4) is 0 Å². The number of methoxy groups -OCH3 is 1. The van der Waals surface area contributed by atoms with Crippen molar-refractivity contribution in [2.75, 3.05) is 7.11 Å². The molecule has 1 N–H and O–H groups in total. The van der Waals surface area contributed by atoms with E-state index in [1.165, 1.54) is 0 Å². The van der Waals surface area contributed by atoms with Gasteiger partial charge in [0.1, 0.15) is 6.07 Å². The highest BCUT2D eigenvalue weighted by Gasteiger charge is 2.84. The zero-order chi connectivity index (χ0) is 16.7. The van der Waals surface area contributed by atoms with Crippen molar-refractivity contribution in [1.82, 2.24) is 5.43 Å². The number of nitriles is 2. The Balaban J connectivity index is 3.80. The number of carbonyl (C=O) groups excluding carboxylic acids is 1. The van der Waals surface area contributed by atoms with Gasteiger partial charge in [-0.3, -0.25) is 5.43 Å². The van der Waals surface area contributed by atoms with Crippen molar-refractivity contribution in [3.63, 3.8) is 0 Å². The van der Waals surface area contributed by atoms with Gasteiger partial charge in [0.25, 0.3) is 5.54 Å². The van der Waals surface area contributed by atoms with E-state index in [1.807, 2.05) is 0 Å². The fourth-order valence-electron chi connectivity index (χ4n) is 1.78. The lowest BCUT2D eigenvalue weighted by Gasteiger charge is -2.37. The summed E-state index contributed by atoms with van der Waals surface area (Å²) in [7, 11) is 0.587. The zero-order valence-electron chi connectivity index (χ0n) is 9.93. The van der Waals surface area contributed by atoms with Gasteiger partial charge in [0.15, 0.2) is 5.71 Å². The summed E-state index contributed by atoms with van der Waals surface area (Å²) in [5.41, 5.74) is -9.98. The van der Waals surface area contributed by atoms with E-state index in [0.717, 1.165) is 5.43 Å². The standard InChI is InChI=1S/C9H4F6N4O2/c1-21-5(20)4-6(2-16,8(10,11)12)7(3-17,19-18-4)9(13,14)15/h19H,1H3/t6-,7-/m1/s1. The summed E-state index contributed by atoms with van der Waals surface area (Å²) < 4.78 is 82.4. The molecule has 0 spiro atoms. The molecule has 0 unspecified atom stereocenters. The summed E-state index contributed by atoms with van der Waals surface area (Å²) in [6, 6.07) is 0.743. The van der Waals surface area contributed by atoms with Gasteiger partial charge in [0.05, 0.1) is 13.2 Å². The second kappa shape index (κ2) is 4.51. The summed E-state index contributed by atoms with van der Waals surface area (Å²) >= 11 is 0. The van der Waals surface area contributed by atoms with E-state index in [0.29, 0.717) is 19.2 Å². The van der Waals surface area contributed by atoms with Gasteiger partial charge in [-0.1, -0.05) is 0 Å². The number of halogens is 6. The summed E-state index contributed by atoms with van der Waals surface area (Å²) in [5.74, 6) is -1.91. The lowest BCUT2D eigenvalue weighted by Crippen LogP contribution is -2.69. The molecule has 1 heterocycles. The van der Waals surface area contributed by atoms with Crippen molar-refractivity contribution in [2.24, 2.45) is 10.5 Å². The Bertz CT molecular complexity index is 583. The van der Waals surface area contributed by atoms with Gasteiger partial charge in [0.2, 0.25) is 5.41 Å². The number of rotatable bonds is 1. The van der Waals surface area contributed by atoms with Gasteiger partial charge in [0, 0.05) is 0 Å². The van der Waals surface area contributed by atoms with Crippen molar-refractivity contribution < 1.29 is 35.9 Å². The minimum absolute atomic E-state index is 0.369. The number of nitrogens with one attached hydrogen (secondary N) is 1. The molecule has 0 fully saturated rings. The molecule has 0 aromatic heterocycles. The summed E-state index contributed by atoms with van der Waals surface area (Å²) in [5, 5.41) is 20.0. The number of carbonyl (C=O) groups is 1. The molecule has 12 heteroatoms. The first-order valence-electron chi connectivity index (χ1n) is 4.84. The van der Waals surface area contributed by atoms with E-state index in [9.17, 15) is 31.1 Å². The lowest BCUT2D eigenvalue weighted by atomic mass is 9.67. The van der Waals surface area contributed by atoms with Crippen LogP contribution in [0.1, 0.15) is 0 Å². The third kappa shape index (κ3) is 1.79. The predicted molar refractivity (Wildman–Crippen MR) is 51.1 cm³/mol. The molecule has 0 saturated carbocycles. The average Bonchev–Trinajstić information content (AvgIpc) is 2.72. The van der Waals surface area contributed by atoms with E-state index >= 15 is 0 Å². The molecular weight excluding hydrogens is 310 g/mol. The van der Waals surface area contributed by atoms with Gasteiger partial charge < -0.3 is 4.74 Å². The highest BCUT2D eigenvalue weighted by molar-refractivity contribution is 6.40. The largest absolute Gasteiger partial charge is 0.464 e. The highest BCUT2D eigenvalue weighted by atomic mass is 19.4. The summed E-state index contributed by atoms with van der Waals surface area (Å²) in [6.07, 6.45) is -11.8. The Hall–Kier alpha value is -2.50. The zero-order valence-corrected chi connectivity index (χ0v) is 9.93. The van der Waals surface area contributed by atoms with E-state index < -0.39 is 35.0 Å². The van der Waals surface area contributed by atoms with Crippen LogP contribution in [-0.4, -0.2) is 36.7 Å².